The maximum atomic E-state index is 12.3. The number of hydrogen-bond donors (Lipinski definition) is 2. The van der Waals surface area contributed by atoms with Gasteiger partial charge in [-0.05, 0) is 39.5 Å². The van der Waals surface area contributed by atoms with Gasteiger partial charge < -0.3 is 9.84 Å². The van der Waals surface area contributed by atoms with E-state index in [9.17, 15) is 13.2 Å². The summed E-state index contributed by atoms with van der Waals surface area (Å²) in [6.07, 6.45) is 2.14. The van der Waals surface area contributed by atoms with Crippen molar-refractivity contribution < 1.29 is 23.1 Å². The molecule has 2 heterocycles. The highest BCUT2D eigenvalue weighted by Crippen LogP contribution is 2.26. The number of rotatable bonds is 4. The summed E-state index contributed by atoms with van der Waals surface area (Å²) in [4.78, 5) is 11.1. The smallest absolute Gasteiger partial charge is 0.322 e. The average molecular weight is 306 g/mol. The molecule has 2 fully saturated rings. The third-order valence-corrected chi connectivity index (χ3v) is 5.50. The molecule has 2 atom stereocenters. The molecule has 0 aromatic carbocycles. The molecule has 2 N–H and O–H groups in total. The molecule has 2 saturated heterocycles. The van der Waals surface area contributed by atoms with E-state index in [0.717, 1.165) is 4.31 Å². The lowest BCUT2D eigenvalue weighted by molar-refractivity contribution is -0.140. The second-order valence-corrected chi connectivity index (χ2v) is 7.68. The second kappa shape index (κ2) is 5.59. The molecule has 0 spiro atoms. The molecule has 20 heavy (non-hydrogen) atoms. The van der Waals surface area contributed by atoms with Crippen molar-refractivity contribution in [3.8, 4) is 0 Å². The van der Waals surface area contributed by atoms with Gasteiger partial charge in [0.2, 0.25) is 0 Å². The molecule has 0 saturated carbocycles. The van der Waals surface area contributed by atoms with Crippen LogP contribution >= 0.6 is 0 Å². The zero-order valence-electron chi connectivity index (χ0n) is 11.8. The molecule has 2 rings (SSSR count). The summed E-state index contributed by atoms with van der Waals surface area (Å²) in [7, 11) is -3.76. The first-order valence-electron chi connectivity index (χ1n) is 6.87. The maximum Gasteiger partial charge on any atom is 0.322 e. The van der Waals surface area contributed by atoms with E-state index < -0.39 is 22.2 Å². The van der Waals surface area contributed by atoms with Gasteiger partial charge in [-0.3, -0.25) is 4.79 Å². The van der Waals surface area contributed by atoms with Gasteiger partial charge in [0, 0.05) is 19.2 Å². The fraction of sp³-hybridized carbons (Fsp3) is 0.917. The zero-order valence-corrected chi connectivity index (χ0v) is 12.6. The summed E-state index contributed by atoms with van der Waals surface area (Å²) in [5.41, 5.74) is -0.358. The number of nitrogens with one attached hydrogen (secondary N) is 1. The molecule has 2 aliphatic heterocycles. The van der Waals surface area contributed by atoms with Gasteiger partial charge in [0.15, 0.2) is 0 Å². The van der Waals surface area contributed by atoms with Crippen LogP contribution in [-0.4, -0.2) is 54.6 Å². The summed E-state index contributed by atoms with van der Waals surface area (Å²) >= 11 is 0. The van der Waals surface area contributed by atoms with Crippen molar-refractivity contribution in [2.45, 2.75) is 57.2 Å². The third-order valence-electron chi connectivity index (χ3n) is 3.81. The van der Waals surface area contributed by atoms with Crippen LogP contribution in [0.2, 0.25) is 0 Å². The number of carboxylic acids is 1. The Hall–Kier alpha value is -0.700. The van der Waals surface area contributed by atoms with Crippen molar-refractivity contribution in [1.29, 1.82) is 0 Å². The quantitative estimate of drug-likeness (QED) is 0.780. The molecular weight excluding hydrogens is 284 g/mol. The minimum absolute atomic E-state index is 0.209. The lowest BCUT2D eigenvalue weighted by Gasteiger charge is -2.36. The monoisotopic (exact) mass is 306 g/mol. The van der Waals surface area contributed by atoms with Crippen LogP contribution in [0.25, 0.3) is 0 Å². The number of carbonyl (C=O) groups is 1. The molecule has 0 bridgehead atoms. The van der Waals surface area contributed by atoms with Crippen LogP contribution in [0.5, 0.6) is 0 Å². The Balaban J connectivity index is 2.05. The number of carboxylic acid groups (broad SMARTS) is 1. The number of ether oxygens (including phenoxy) is 1. The number of aliphatic carboxylic acids is 1. The molecule has 0 amide bonds. The van der Waals surface area contributed by atoms with Crippen LogP contribution in [0.15, 0.2) is 0 Å². The molecule has 0 aliphatic carbocycles. The van der Waals surface area contributed by atoms with Crippen LogP contribution in [0, 0.1) is 0 Å². The first kappa shape index (κ1) is 15.7. The van der Waals surface area contributed by atoms with Crippen LogP contribution < -0.4 is 4.72 Å². The summed E-state index contributed by atoms with van der Waals surface area (Å²) in [6.45, 7) is 4.61. The predicted molar refractivity (Wildman–Crippen MR) is 72.5 cm³/mol. The van der Waals surface area contributed by atoms with Gasteiger partial charge in [0.1, 0.15) is 6.04 Å². The molecule has 2 unspecified atom stereocenters. The number of nitrogens with zero attached hydrogens (tertiary/aromatic N) is 1. The van der Waals surface area contributed by atoms with E-state index in [0.29, 0.717) is 32.3 Å². The Morgan fingerprint density at radius 2 is 2.10 bits per heavy atom. The minimum Gasteiger partial charge on any atom is -0.480 e. The van der Waals surface area contributed by atoms with Gasteiger partial charge in [-0.25, -0.2) is 0 Å². The molecule has 0 aromatic rings. The lowest BCUT2D eigenvalue weighted by Crippen LogP contribution is -2.52. The van der Waals surface area contributed by atoms with Gasteiger partial charge in [0.25, 0.3) is 10.2 Å². The van der Waals surface area contributed by atoms with E-state index in [1.807, 2.05) is 13.8 Å². The van der Waals surface area contributed by atoms with Crippen molar-refractivity contribution in [3.63, 3.8) is 0 Å². The van der Waals surface area contributed by atoms with E-state index in [4.69, 9.17) is 9.84 Å². The van der Waals surface area contributed by atoms with Gasteiger partial charge in [-0.2, -0.15) is 17.4 Å². The molecule has 0 aromatic heterocycles. The first-order chi connectivity index (χ1) is 9.21. The van der Waals surface area contributed by atoms with E-state index in [2.05, 4.69) is 4.72 Å². The molecule has 8 heteroatoms. The maximum absolute atomic E-state index is 12.3. The van der Waals surface area contributed by atoms with Crippen LogP contribution in [0.1, 0.15) is 39.5 Å². The van der Waals surface area contributed by atoms with E-state index in [-0.39, 0.29) is 18.2 Å². The minimum atomic E-state index is -3.76. The van der Waals surface area contributed by atoms with Crippen molar-refractivity contribution >= 4 is 16.2 Å². The highest BCUT2D eigenvalue weighted by atomic mass is 32.2. The van der Waals surface area contributed by atoms with Crippen LogP contribution in [-0.2, 0) is 19.7 Å². The molecule has 116 valence electrons. The number of hydrogen-bond acceptors (Lipinski definition) is 4. The van der Waals surface area contributed by atoms with Crippen molar-refractivity contribution in [1.82, 2.24) is 9.03 Å². The van der Waals surface area contributed by atoms with Crippen molar-refractivity contribution in [2.24, 2.45) is 0 Å². The summed E-state index contributed by atoms with van der Waals surface area (Å²) in [5.74, 6) is -1.08. The fourth-order valence-corrected chi connectivity index (χ4v) is 4.54. The first-order valence-corrected chi connectivity index (χ1v) is 8.31. The zero-order chi connectivity index (χ0) is 15.0. The van der Waals surface area contributed by atoms with Crippen LogP contribution in [0.4, 0.5) is 0 Å². The summed E-state index contributed by atoms with van der Waals surface area (Å²) in [6, 6.07) is -1.15. The fourth-order valence-electron chi connectivity index (χ4n) is 2.89. The van der Waals surface area contributed by atoms with Crippen LogP contribution in [0.3, 0.4) is 0 Å². The van der Waals surface area contributed by atoms with E-state index in [1.165, 1.54) is 0 Å². The molecular formula is C12H22N2O5S. The van der Waals surface area contributed by atoms with E-state index >= 15 is 0 Å². The lowest BCUT2D eigenvalue weighted by atomic mass is 9.95. The predicted octanol–water partition coefficient (Wildman–Crippen LogP) is 0.327. The highest BCUT2D eigenvalue weighted by Gasteiger charge is 2.40. The van der Waals surface area contributed by atoms with Gasteiger partial charge in [0.05, 0.1) is 5.60 Å². The highest BCUT2D eigenvalue weighted by molar-refractivity contribution is 7.87. The van der Waals surface area contributed by atoms with Crippen molar-refractivity contribution in [2.75, 3.05) is 13.2 Å². The van der Waals surface area contributed by atoms with Crippen molar-refractivity contribution in [3.05, 3.63) is 0 Å². The average Bonchev–Trinajstić information content (AvgIpc) is 2.76. The van der Waals surface area contributed by atoms with Gasteiger partial charge in [-0.15, -0.1) is 0 Å². The molecule has 7 nitrogen and oxygen atoms in total. The Labute approximate surface area is 119 Å². The third kappa shape index (κ3) is 3.49. The Bertz CT molecular complexity index is 476. The Kier molecular flexibility index (Phi) is 4.38. The second-order valence-electron chi connectivity index (χ2n) is 6.03. The Morgan fingerprint density at radius 1 is 1.40 bits per heavy atom. The molecule has 0 radical (unpaired) electrons. The SMILES string of the molecule is CC1(C)CC(NS(=O)(=O)N2CCCC2C(=O)O)CCO1. The standard InChI is InChI=1S/C12H22N2O5S/c1-12(2)8-9(5-7-19-12)13-20(17,18)14-6-3-4-10(14)11(15)16/h9-10,13H,3-8H2,1-2H3,(H,15,16). The topological polar surface area (TPSA) is 95.9 Å². The summed E-state index contributed by atoms with van der Waals surface area (Å²) < 4.78 is 33.9. The largest absolute Gasteiger partial charge is 0.480 e. The Morgan fingerprint density at radius 3 is 2.70 bits per heavy atom. The normalized spacial score (nSPS) is 31.3. The van der Waals surface area contributed by atoms with E-state index in [1.54, 1.807) is 0 Å². The van der Waals surface area contributed by atoms with Gasteiger partial charge >= 0.3 is 5.97 Å². The molecule has 2 aliphatic rings. The summed E-state index contributed by atoms with van der Waals surface area (Å²) in [5, 5.41) is 9.08. The van der Waals surface area contributed by atoms with Gasteiger partial charge in [-0.1, -0.05) is 0 Å².